The average Bonchev–Trinajstić information content (AvgIpc) is 3.34. The molecule has 0 aliphatic heterocycles. The minimum Gasteiger partial charge on any atom is -0.354 e. The van der Waals surface area contributed by atoms with Gasteiger partial charge >= 0.3 is 0 Å². The van der Waals surface area contributed by atoms with Crippen LogP contribution in [-0.4, -0.2) is 15.8 Å². The summed E-state index contributed by atoms with van der Waals surface area (Å²) in [6.45, 7) is 17.7. The van der Waals surface area contributed by atoms with Gasteiger partial charge < -0.3 is 4.98 Å². The molecule has 3 nitrogen and oxygen atoms in total. The molecule has 4 heteroatoms. The van der Waals surface area contributed by atoms with E-state index in [1.807, 2.05) is 33.0 Å². The van der Waals surface area contributed by atoms with Gasteiger partial charge in [0.15, 0.2) is 5.78 Å². The third-order valence-corrected chi connectivity index (χ3v) is 6.21. The molecule has 1 aliphatic carbocycles. The number of fused-ring (bicyclic) bond motifs is 1. The van der Waals surface area contributed by atoms with E-state index in [-0.39, 0.29) is 5.78 Å². The van der Waals surface area contributed by atoms with Crippen molar-refractivity contribution in [3.8, 4) is 10.6 Å². The molecule has 158 valence electrons. The van der Waals surface area contributed by atoms with Gasteiger partial charge in [-0.05, 0) is 62.5 Å². The van der Waals surface area contributed by atoms with E-state index in [1.54, 1.807) is 35.6 Å². The fourth-order valence-corrected chi connectivity index (χ4v) is 4.23. The highest BCUT2D eigenvalue weighted by Gasteiger charge is 2.18. The lowest BCUT2D eigenvalue weighted by molar-refractivity contribution is -0.111. The minimum absolute atomic E-state index is 0.0287. The zero-order valence-corrected chi connectivity index (χ0v) is 19.2. The number of aromatic amines is 1. The summed E-state index contributed by atoms with van der Waals surface area (Å²) in [7, 11) is 0. The monoisotopic (exact) mass is 428 g/mol. The number of nitrogens with one attached hydrogen (secondary N) is 1. The molecule has 0 unspecified atom stereocenters. The largest absolute Gasteiger partial charge is 0.354 e. The van der Waals surface area contributed by atoms with Crippen LogP contribution in [-0.2, 0) is 11.2 Å². The lowest BCUT2D eigenvalue weighted by atomic mass is 9.92. The summed E-state index contributed by atoms with van der Waals surface area (Å²) < 4.78 is 0. The van der Waals surface area contributed by atoms with Crippen LogP contribution in [0.3, 0.4) is 0 Å². The Bertz CT molecular complexity index is 1180. The highest BCUT2D eigenvalue weighted by Crippen LogP contribution is 2.34. The second kappa shape index (κ2) is 9.71. The van der Waals surface area contributed by atoms with E-state index in [0.717, 1.165) is 44.4 Å². The minimum atomic E-state index is -0.0287. The van der Waals surface area contributed by atoms with E-state index >= 15 is 0 Å². The molecule has 0 aromatic carbocycles. The molecule has 1 N–H and O–H groups in total. The maximum absolute atomic E-state index is 12.7. The molecule has 0 saturated heterocycles. The fraction of sp³-hybridized carbons (Fsp3) is 0.185. The summed E-state index contributed by atoms with van der Waals surface area (Å²) in [6.07, 6.45) is 14.4. The molecule has 3 rings (SSSR count). The zero-order chi connectivity index (χ0) is 22.5. The number of ketones is 1. The van der Waals surface area contributed by atoms with Crippen LogP contribution in [0.15, 0.2) is 90.7 Å². The Hall–Kier alpha value is -3.24. The van der Waals surface area contributed by atoms with Crippen LogP contribution in [0.25, 0.3) is 16.1 Å². The summed E-state index contributed by atoms with van der Waals surface area (Å²) in [5.41, 5.74) is 8.01. The average molecular weight is 429 g/mol. The number of hydrogen-bond acceptors (Lipinski definition) is 3. The first-order valence-electron chi connectivity index (χ1n) is 10.2. The molecule has 0 saturated carbocycles. The van der Waals surface area contributed by atoms with E-state index in [1.165, 1.54) is 11.1 Å². The van der Waals surface area contributed by atoms with Crippen molar-refractivity contribution in [1.82, 2.24) is 9.97 Å². The van der Waals surface area contributed by atoms with E-state index in [0.29, 0.717) is 12.0 Å². The normalized spacial score (nSPS) is 14.5. The number of thiazole rings is 1. The Morgan fingerprint density at radius 1 is 1.32 bits per heavy atom. The second-order valence-corrected chi connectivity index (χ2v) is 8.95. The fourth-order valence-electron chi connectivity index (χ4n) is 3.48. The van der Waals surface area contributed by atoms with Crippen molar-refractivity contribution in [2.24, 2.45) is 0 Å². The molecule has 0 bridgehead atoms. The molecule has 0 spiro atoms. The molecule has 1 aliphatic rings. The molecule has 2 aromatic heterocycles. The molecule has 0 amide bonds. The van der Waals surface area contributed by atoms with Crippen LogP contribution in [0.5, 0.6) is 0 Å². The highest BCUT2D eigenvalue weighted by atomic mass is 32.1. The van der Waals surface area contributed by atoms with Gasteiger partial charge in [0.25, 0.3) is 0 Å². The van der Waals surface area contributed by atoms with E-state index in [2.05, 4.69) is 41.8 Å². The molecule has 0 fully saturated rings. The number of aromatic nitrogens is 2. The Balaban J connectivity index is 1.73. The molecule has 0 radical (unpaired) electrons. The van der Waals surface area contributed by atoms with Crippen molar-refractivity contribution in [3.05, 3.63) is 107 Å². The summed E-state index contributed by atoms with van der Waals surface area (Å²) in [5, 5.41) is 1.05. The maximum Gasteiger partial charge on any atom is 0.185 e. The maximum atomic E-state index is 12.7. The number of nitrogens with zero attached hydrogens (tertiary/aromatic N) is 1. The van der Waals surface area contributed by atoms with Crippen molar-refractivity contribution in [3.63, 3.8) is 0 Å². The Kier molecular flexibility index (Phi) is 7.03. The van der Waals surface area contributed by atoms with Crippen molar-refractivity contribution in [2.75, 3.05) is 0 Å². The van der Waals surface area contributed by atoms with E-state index in [4.69, 9.17) is 0 Å². The number of rotatable bonds is 8. The summed E-state index contributed by atoms with van der Waals surface area (Å²) in [5.74, 6) is -0.0287. The Morgan fingerprint density at radius 2 is 2.10 bits per heavy atom. The second-order valence-electron chi connectivity index (χ2n) is 7.72. The van der Waals surface area contributed by atoms with Gasteiger partial charge in [-0.1, -0.05) is 61.3 Å². The first-order valence-corrected chi connectivity index (χ1v) is 11.0. The quantitative estimate of drug-likeness (QED) is 0.360. The standard InChI is InChI=1S/C27H28N2OS/c1-7-8-11-23(19(5)17(2)3)25(30)12-9-10-21-13-18(4)27-22(14-21)15-24(29-27)26-16-28-20(6)31-26/h7-9,11-13,15-16,29H,1-2,4,10,14H2,3,5-6H3. The zero-order valence-electron chi connectivity index (χ0n) is 18.4. The van der Waals surface area contributed by atoms with Crippen LogP contribution in [0.1, 0.15) is 36.5 Å². The van der Waals surface area contributed by atoms with E-state index in [9.17, 15) is 4.79 Å². The Morgan fingerprint density at radius 3 is 2.74 bits per heavy atom. The molecule has 2 aromatic rings. The van der Waals surface area contributed by atoms with Gasteiger partial charge in [-0.25, -0.2) is 4.98 Å². The topological polar surface area (TPSA) is 45.8 Å². The first kappa shape index (κ1) is 22.4. The van der Waals surface area contributed by atoms with Crippen LogP contribution in [0.4, 0.5) is 0 Å². The smallest absolute Gasteiger partial charge is 0.185 e. The first-order chi connectivity index (χ1) is 14.8. The number of carbonyl (C=O) groups excluding carboxylic acids is 1. The number of carbonyl (C=O) groups is 1. The van der Waals surface area contributed by atoms with Crippen molar-refractivity contribution in [1.29, 1.82) is 0 Å². The summed E-state index contributed by atoms with van der Waals surface area (Å²) >= 11 is 1.68. The SMILES string of the molecule is C=CC=CC(C(=O)C=CCC1=CC(=C)c2[nH]c(-c3cnc(C)s3)cc2C1)=C(C)C(=C)C. The lowest BCUT2D eigenvalue weighted by Gasteiger charge is -2.14. The Labute approximate surface area is 188 Å². The van der Waals surface area contributed by atoms with Crippen LogP contribution >= 0.6 is 11.3 Å². The number of allylic oxidation sites excluding steroid dienone is 11. The number of hydrogen-bond donors (Lipinski definition) is 1. The summed E-state index contributed by atoms with van der Waals surface area (Å²) in [4.78, 5) is 21.7. The van der Waals surface area contributed by atoms with Gasteiger partial charge in [-0.2, -0.15) is 0 Å². The highest BCUT2D eigenvalue weighted by molar-refractivity contribution is 7.15. The van der Waals surface area contributed by atoms with Crippen molar-refractivity contribution >= 4 is 22.7 Å². The summed E-state index contributed by atoms with van der Waals surface area (Å²) in [6, 6.07) is 2.19. The third-order valence-electron chi connectivity index (χ3n) is 5.26. The molecule has 2 heterocycles. The van der Waals surface area contributed by atoms with Gasteiger partial charge in [0, 0.05) is 17.5 Å². The van der Waals surface area contributed by atoms with Crippen LogP contribution in [0, 0.1) is 6.92 Å². The number of H-pyrrole nitrogens is 1. The number of aryl methyl sites for hydroxylation is 1. The lowest BCUT2D eigenvalue weighted by Crippen LogP contribution is -2.02. The van der Waals surface area contributed by atoms with Gasteiger partial charge in [0.1, 0.15) is 0 Å². The molecule has 31 heavy (non-hydrogen) atoms. The van der Waals surface area contributed by atoms with Gasteiger partial charge in [-0.15, -0.1) is 11.3 Å². The van der Waals surface area contributed by atoms with Crippen LogP contribution in [0.2, 0.25) is 0 Å². The van der Waals surface area contributed by atoms with Gasteiger partial charge in [-0.3, -0.25) is 4.79 Å². The third kappa shape index (κ3) is 5.28. The van der Waals surface area contributed by atoms with Crippen molar-refractivity contribution < 1.29 is 4.79 Å². The van der Waals surface area contributed by atoms with E-state index < -0.39 is 0 Å². The predicted molar refractivity (Wildman–Crippen MR) is 133 cm³/mol. The van der Waals surface area contributed by atoms with Gasteiger partial charge in [0.05, 0.1) is 15.6 Å². The molecule has 0 atom stereocenters. The molecular weight excluding hydrogens is 400 g/mol. The van der Waals surface area contributed by atoms with Crippen molar-refractivity contribution in [2.45, 2.75) is 33.6 Å². The van der Waals surface area contributed by atoms with Crippen LogP contribution < -0.4 is 0 Å². The van der Waals surface area contributed by atoms with Gasteiger partial charge in [0.2, 0.25) is 0 Å². The molecular formula is C27H28N2OS. The predicted octanol–water partition coefficient (Wildman–Crippen LogP) is 7.09.